The second-order valence-corrected chi connectivity index (χ2v) is 8.14. The van der Waals surface area contributed by atoms with E-state index < -0.39 is 10.0 Å². The van der Waals surface area contributed by atoms with Gasteiger partial charge in [-0.3, -0.25) is 4.98 Å². The summed E-state index contributed by atoms with van der Waals surface area (Å²) in [6, 6.07) is 2.18. The second-order valence-electron chi connectivity index (χ2n) is 5.51. The molecule has 2 unspecified atom stereocenters. The summed E-state index contributed by atoms with van der Waals surface area (Å²) in [7, 11) is -3.47. The molecule has 0 spiro atoms. The number of hydrogen-bond donors (Lipinski definition) is 1. The van der Waals surface area contributed by atoms with Crippen LogP contribution in [-0.4, -0.2) is 43.5 Å². The predicted molar refractivity (Wildman–Crippen MR) is 79.9 cm³/mol. The Hall–Kier alpha value is -0.500. The highest BCUT2D eigenvalue weighted by Gasteiger charge is 2.33. The fourth-order valence-corrected chi connectivity index (χ4v) is 4.95. The van der Waals surface area contributed by atoms with E-state index in [4.69, 9.17) is 0 Å². The van der Waals surface area contributed by atoms with Crippen molar-refractivity contribution in [1.29, 1.82) is 0 Å². The van der Waals surface area contributed by atoms with Crippen molar-refractivity contribution in [3.63, 3.8) is 0 Å². The average Bonchev–Trinajstić information content (AvgIpc) is 2.85. The molecule has 0 aliphatic carbocycles. The standard InChI is InChI=1S/C13H18BrN3O2S/c14-10-6-13(9-15-8-10)20(18,19)16-11-3-5-17-4-1-2-12(17)7-11/h6,8-9,11-12,16H,1-5,7H2. The highest BCUT2D eigenvalue weighted by molar-refractivity contribution is 9.10. The molecule has 1 N–H and O–H groups in total. The first kappa shape index (κ1) is 14.4. The van der Waals surface area contributed by atoms with Crippen LogP contribution in [0.15, 0.2) is 27.8 Å². The quantitative estimate of drug-likeness (QED) is 0.892. The molecular formula is C13H18BrN3O2S. The lowest BCUT2D eigenvalue weighted by Gasteiger charge is -2.34. The van der Waals surface area contributed by atoms with Crippen LogP contribution in [-0.2, 0) is 10.0 Å². The Morgan fingerprint density at radius 2 is 2.15 bits per heavy atom. The zero-order valence-electron chi connectivity index (χ0n) is 11.1. The molecule has 3 heterocycles. The summed E-state index contributed by atoms with van der Waals surface area (Å²) in [5.41, 5.74) is 0. The molecule has 1 aromatic heterocycles. The van der Waals surface area contributed by atoms with Gasteiger partial charge in [0.1, 0.15) is 4.90 Å². The third-order valence-electron chi connectivity index (χ3n) is 4.13. The Labute approximate surface area is 127 Å². The van der Waals surface area contributed by atoms with E-state index in [-0.39, 0.29) is 10.9 Å². The van der Waals surface area contributed by atoms with E-state index in [0.717, 1.165) is 19.4 Å². The largest absolute Gasteiger partial charge is 0.300 e. The SMILES string of the molecule is O=S(=O)(NC1CCN2CCCC2C1)c1cncc(Br)c1. The summed E-state index contributed by atoms with van der Waals surface area (Å²) < 4.78 is 28.2. The predicted octanol–water partition coefficient (Wildman–Crippen LogP) is 1.75. The molecule has 7 heteroatoms. The van der Waals surface area contributed by atoms with Crippen LogP contribution in [0.2, 0.25) is 0 Å². The van der Waals surface area contributed by atoms with Crippen molar-refractivity contribution >= 4 is 26.0 Å². The van der Waals surface area contributed by atoms with Gasteiger partial charge < -0.3 is 4.90 Å². The Bertz CT molecular complexity index is 593. The van der Waals surface area contributed by atoms with Gasteiger partial charge in [-0.05, 0) is 60.8 Å². The molecule has 0 aromatic carbocycles. The van der Waals surface area contributed by atoms with Crippen LogP contribution in [0.1, 0.15) is 25.7 Å². The van der Waals surface area contributed by atoms with Gasteiger partial charge in [0.25, 0.3) is 0 Å². The van der Waals surface area contributed by atoms with Crippen LogP contribution in [0.4, 0.5) is 0 Å². The third kappa shape index (κ3) is 3.05. The average molecular weight is 360 g/mol. The van der Waals surface area contributed by atoms with Gasteiger partial charge in [0.2, 0.25) is 10.0 Å². The van der Waals surface area contributed by atoms with Crippen LogP contribution < -0.4 is 4.72 Å². The molecule has 5 nitrogen and oxygen atoms in total. The van der Waals surface area contributed by atoms with Gasteiger partial charge in [-0.25, -0.2) is 13.1 Å². The number of fused-ring (bicyclic) bond motifs is 1. The van der Waals surface area contributed by atoms with Crippen LogP contribution in [0.25, 0.3) is 0 Å². The van der Waals surface area contributed by atoms with E-state index >= 15 is 0 Å². The van der Waals surface area contributed by atoms with Gasteiger partial charge in [-0.1, -0.05) is 0 Å². The maximum atomic E-state index is 12.4. The second kappa shape index (κ2) is 5.71. The van der Waals surface area contributed by atoms with Crippen LogP contribution in [0, 0.1) is 0 Å². The maximum absolute atomic E-state index is 12.4. The third-order valence-corrected chi connectivity index (χ3v) is 6.05. The zero-order chi connectivity index (χ0) is 14.2. The minimum Gasteiger partial charge on any atom is -0.300 e. The van der Waals surface area contributed by atoms with Crippen LogP contribution >= 0.6 is 15.9 Å². The summed E-state index contributed by atoms with van der Waals surface area (Å²) in [6.45, 7) is 2.16. The van der Waals surface area contributed by atoms with E-state index in [0.29, 0.717) is 10.5 Å². The lowest BCUT2D eigenvalue weighted by atomic mass is 9.99. The number of nitrogens with one attached hydrogen (secondary N) is 1. The van der Waals surface area contributed by atoms with Crippen molar-refractivity contribution in [2.45, 2.75) is 42.7 Å². The van der Waals surface area contributed by atoms with Crippen molar-refractivity contribution in [2.75, 3.05) is 13.1 Å². The highest BCUT2D eigenvalue weighted by Crippen LogP contribution is 2.27. The van der Waals surface area contributed by atoms with Gasteiger partial charge in [0.15, 0.2) is 0 Å². The molecule has 0 radical (unpaired) electrons. The molecule has 0 bridgehead atoms. The first-order valence-corrected chi connectivity index (χ1v) is 9.19. The van der Waals surface area contributed by atoms with Crippen molar-refractivity contribution in [1.82, 2.24) is 14.6 Å². The molecule has 20 heavy (non-hydrogen) atoms. The fraction of sp³-hybridized carbons (Fsp3) is 0.615. The molecule has 3 rings (SSSR count). The van der Waals surface area contributed by atoms with Crippen molar-refractivity contribution in [2.24, 2.45) is 0 Å². The smallest absolute Gasteiger partial charge is 0.242 e. The molecule has 2 aliphatic rings. The van der Waals surface area contributed by atoms with Crippen LogP contribution in [0.5, 0.6) is 0 Å². The summed E-state index contributed by atoms with van der Waals surface area (Å²) in [5.74, 6) is 0. The molecule has 110 valence electrons. The zero-order valence-corrected chi connectivity index (χ0v) is 13.5. The van der Waals surface area contributed by atoms with Gasteiger partial charge in [-0.15, -0.1) is 0 Å². The first-order valence-electron chi connectivity index (χ1n) is 6.91. The summed E-state index contributed by atoms with van der Waals surface area (Å²) in [5, 5.41) is 0. The van der Waals surface area contributed by atoms with Crippen molar-refractivity contribution < 1.29 is 8.42 Å². The molecule has 2 aliphatic heterocycles. The summed E-state index contributed by atoms with van der Waals surface area (Å²) >= 11 is 3.26. The van der Waals surface area contributed by atoms with E-state index in [1.165, 1.54) is 25.6 Å². The Morgan fingerprint density at radius 1 is 1.30 bits per heavy atom. The van der Waals surface area contributed by atoms with Gasteiger partial charge >= 0.3 is 0 Å². The lowest BCUT2D eigenvalue weighted by molar-refractivity contribution is 0.176. The lowest BCUT2D eigenvalue weighted by Crippen LogP contribution is -2.47. The maximum Gasteiger partial charge on any atom is 0.242 e. The van der Waals surface area contributed by atoms with Crippen molar-refractivity contribution in [3.8, 4) is 0 Å². The van der Waals surface area contributed by atoms with E-state index in [1.54, 1.807) is 12.3 Å². The van der Waals surface area contributed by atoms with E-state index in [1.807, 2.05) is 0 Å². The molecule has 2 saturated heterocycles. The van der Waals surface area contributed by atoms with Gasteiger partial charge in [-0.2, -0.15) is 0 Å². The first-order chi connectivity index (χ1) is 9.54. The number of hydrogen-bond acceptors (Lipinski definition) is 4. The monoisotopic (exact) mass is 359 g/mol. The number of pyridine rings is 1. The summed E-state index contributed by atoms with van der Waals surface area (Å²) in [6.07, 6.45) is 7.20. The number of piperidine rings is 1. The Balaban J connectivity index is 1.70. The highest BCUT2D eigenvalue weighted by atomic mass is 79.9. The molecule has 0 amide bonds. The number of sulfonamides is 1. The molecule has 2 atom stereocenters. The number of aromatic nitrogens is 1. The summed E-state index contributed by atoms with van der Waals surface area (Å²) in [4.78, 5) is 6.62. The molecule has 0 saturated carbocycles. The van der Waals surface area contributed by atoms with Gasteiger partial charge in [0, 0.05) is 29.0 Å². The minimum absolute atomic E-state index is 0.0401. The van der Waals surface area contributed by atoms with Crippen LogP contribution in [0.3, 0.4) is 0 Å². The molecule has 2 fully saturated rings. The minimum atomic E-state index is -3.47. The molecular weight excluding hydrogens is 342 g/mol. The topological polar surface area (TPSA) is 62.3 Å². The fourth-order valence-electron chi connectivity index (χ4n) is 3.16. The molecule has 1 aromatic rings. The van der Waals surface area contributed by atoms with E-state index in [9.17, 15) is 8.42 Å². The van der Waals surface area contributed by atoms with Crippen molar-refractivity contribution in [3.05, 3.63) is 22.9 Å². The Morgan fingerprint density at radius 3 is 2.95 bits per heavy atom. The normalized spacial score (nSPS) is 27.4. The number of rotatable bonds is 3. The Kier molecular flexibility index (Phi) is 4.12. The van der Waals surface area contributed by atoms with E-state index in [2.05, 4.69) is 30.5 Å². The number of halogens is 1. The number of nitrogens with zero attached hydrogens (tertiary/aromatic N) is 2. The van der Waals surface area contributed by atoms with Gasteiger partial charge in [0.05, 0.1) is 0 Å².